The van der Waals surface area contributed by atoms with Gasteiger partial charge in [-0.15, -0.1) is 5.10 Å². The van der Waals surface area contributed by atoms with Gasteiger partial charge in [0.1, 0.15) is 12.4 Å². The van der Waals surface area contributed by atoms with Crippen LogP contribution in [0.15, 0.2) is 36.8 Å². The zero-order valence-electron chi connectivity index (χ0n) is 20.3. The Morgan fingerprint density at radius 1 is 1.14 bits per heavy atom. The summed E-state index contributed by atoms with van der Waals surface area (Å²) >= 11 is 0. The van der Waals surface area contributed by atoms with E-state index < -0.39 is 0 Å². The van der Waals surface area contributed by atoms with Crippen molar-refractivity contribution < 1.29 is 14.3 Å². The number of carbonyl (C=O) groups excluding carboxylic acids is 2. The lowest BCUT2D eigenvalue weighted by molar-refractivity contribution is -0.134. The Balaban J connectivity index is 1.03. The van der Waals surface area contributed by atoms with E-state index in [9.17, 15) is 9.59 Å². The lowest BCUT2D eigenvalue weighted by atomic mass is 9.96. The average Bonchev–Trinajstić information content (AvgIpc) is 3.57. The zero-order valence-corrected chi connectivity index (χ0v) is 20.3. The molecule has 1 fully saturated rings. The molecule has 2 atom stereocenters. The average molecular weight is 488 g/mol. The summed E-state index contributed by atoms with van der Waals surface area (Å²) in [6.07, 6.45) is 6.65. The van der Waals surface area contributed by atoms with Crippen LogP contribution in [0.4, 0.5) is 0 Å². The quantitative estimate of drug-likeness (QED) is 0.500. The number of hydrogen-bond donors (Lipinski definition) is 0. The highest BCUT2D eigenvalue weighted by molar-refractivity contribution is 5.92. The fourth-order valence-corrected chi connectivity index (χ4v) is 5.60. The van der Waals surface area contributed by atoms with Crippen molar-refractivity contribution in [2.45, 2.75) is 44.6 Å². The van der Waals surface area contributed by atoms with Crippen molar-refractivity contribution in [3.8, 4) is 5.82 Å². The van der Waals surface area contributed by atoms with Crippen molar-refractivity contribution >= 4 is 11.9 Å². The predicted octanol–water partition coefficient (Wildman–Crippen LogP) is 1.58. The number of amides is 1. The Bertz CT molecular complexity index is 1280. The number of ether oxygens (including phenoxy) is 1. The molecule has 36 heavy (non-hydrogen) atoms. The molecular formula is C26H29N7O3. The molecular weight excluding hydrogens is 458 g/mol. The monoisotopic (exact) mass is 487 g/mol. The van der Waals surface area contributed by atoms with Crippen molar-refractivity contribution in [2.24, 2.45) is 0 Å². The van der Waals surface area contributed by atoms with Gasteiger partial charge < -0.3 is 9.64 Å². The second kappa shape index (κ2) is 9.42. The molecule has 0 radical (unpaired) electrons. The van der Waals surface area contributed by atoms with E-state index in [0.717, 1.165) is 75.1 Å². The van der Waals surface area contributed by atoms with E-state index >= 15 is 0 Å². The number of tetrazole rings is 1. The summed E-state index contributed by atoms with van der Waals surface area (Å²) in [5.74, 6) is 0.547. The van der Waals surface area contributed by atoms with Crippen molar-refractivity contribution in [2.75, 3.05) is 32.7 Å². The molecule has 3 aromatic rings. The van der Waals surface area contributed by atoms with Crippen LogP contribution >= 0.6 is 0 Å². The zero-order chi connectivity index (χ0) is 24.6. The number of fused-ring (bicyclic) bond motifs is 2. The molecule has 4 heterocycles. The number of benzene rings is 1. The Kier molecular flexibility index (Phi) is 5.96. The molecule has 0 saturated carbocycles. The SMILES string of the molecule is C[C@H]1Cc2cc(CCN3CCN(C(=O)C4CCc5cc(-n6cnnn6)ncc54)CC3)ccc2C(=O)O1. The largest absolute Gasteiger partial charge is 0.459 e. The molecule has 0 N–H and O–H groups in total. The molecule has 1 amide bonds. The molecule has 10 heteroatoms. The van der Waals surface area contributed by atoms with E-state index in [2.05, 4.69) is 31.5 Å². The lowest BCUT2D eigenvalue weighted by Crippen LogP contribution is -2.50. The number of cyclic esters (lactones) is 1. The molecule has 0 spiro atoms. The molecule has 1 aliphatic carbocycles. The Morgan fingerprint density at radius 2 is 2.00 bits per heavy atom. The number of rotatable bonds is 5. The van der Waals surface area contributed by atoms with Crippen LogP contribution in [-0.2, 0) is 28.8 Å². The van der Waals surface area contributed by atoms with E-state index in [-0.39, 0.29) is 23.9 Å². The number of carbonyl (C=O) groups is 2. The van der Waals surface area contributed by atoms with E-state index in [1.165, 1.54) is 16.6 Å². The highest BCUT2D eigenvalue weighted by atomic mass is 16.5. The number of pyridine rings is 1. The molecule has 6 rings (SSSR count). The molecule has 2 aliphatic heterocycles. The third-order valence-corrected chi connectivity index (χ3v) is 7.58. The number of aromatic nitrogens is 5. The number of piperazine rings is 1. The summed E-state index contributed by atoms with van der Waals surface area (Å²) < 4.78 is 6.86. The minimum Gasteiger partial charge on any atom is -0.459 e. The number of esters is 1. The first-order valence-corrected chi connectivity index (χ1v) is 12.6. The fourth-order valence-electron chi connectivity index (χ4n) is 5.60. The van der Waals surface area contributed by atoms with E-state index in [4.69, 9.17) is 4.74 Å². The summed E-state index contributed by atoms with van der Waals surface area (Å²) in [6, 6.07) is 8.07. The molecule has 1 aromatic carbocycles. The lowest BCUT2D eigenvalue weighted by Gasteiger charge is -2.36. The van der Waals surface area contributed by atoms with Gasteiger partial charge in [0.2, 0.25) is 5.91 Å². The summed E-state index contributed by atoms with van der Waals surface area (Å²) in [4.78, 5) is 34.3. The summed E-state index contributed by atoms with van der Waals surface area (Å²) in [5.41, 5.74) is 5.21. The van der Waals surface area contributed by atoms with E-state index in [0.29, 0.717) is 11.4 Å². The van der Waals surface area contributed by atoms with Crippen molar-refractivity contribution in [3.05, 3.63) is 64.6 Å². The van der Waals surface area contributed by atoms with Crippen molar-refractivity contribution in [1.82, 2.24) is 35.0 Å². The third-order valence-electron chi connectivity index (χ3n) is 7.58. The van der Waals surface area contributed by atoms with Gasteiger partial charge in [0, 0.05) is 45.3 Å². The van der Waals surface area contributed by atoms with Crippen LogP contribution in [0.3, 0.4) is 0 Å². The second-order valence-corrected chi connectivity index (χ2v) is 9.92. The topological polar surface area (TPSA) is 106 Å². The van der Waals surface area contributed by atoms with Crippen LogP contribution < -0.4 is 0 Å². The normalized spacial score (nSPS) is 21.7. The summed E-state index contributed by atoms with van der Waals surface area (Å²) in [5, 5.41) is 11.2. The summed E-state index contributed by atoms with van der Waals surface area (Å²) in [7, 11) is 0. The minimum absolute atomic E-state index is 0.0680. The second-order valence-electron chi connectivity index (χ2n) is 9.92. The molecule has 2 aromatic heterocycles. The van der Waals surface area contributed by atoms with Gasteiger partial charge in [-0.2, -0.15) is 4.68 Å². The standard InChI is InChI=1S/C26H29N7O3/c1-17-12-20-13-18(2-4-21(20)26(35)36-17)6-7-31-8-10-32(11-9-31)25(34)22-5-3-19-14-24(27-15-23(19)22)33-16-28-29-30-33/h2,4,13-17,22H,3,5-12H2,1H3/t17-,22?/m0/s1. The van der Waals surface area contributed by atoms with Gasteiger partial charge in [-0.1, -0.05) is 12.1 Å². The maximum absolute atomic E-state index is 13.4. The van der Waals surface area contributed by atoms with Gasteiger partial charge >= 0.3 is 5.97 Å². The van der Waals surface area contributed by atoms with Crippen LogP contribution in [-0.4, -0.2) is 85.7 Å². The minimum atomic E-state index is -0.218. The first kappa shape index (κ1) is 22.8. The smallest absolute Gasteiger partial charge is 0.338 e. The number of aryl methyl sites for hydroxylation is 1. The Labute approximate surface area is 209 Å². The first-order valence-electron chi connectivity index (χ1n) is 12.6. The Morgan fingerprint density at radius 3 is 2.81 bits per heavy atom. The molecule has 10 nitrogen and oxygen atoms in total. The fraction of sp³-hybridized carbons (Fsp3) is 0.462. The first-order chi connectivity index (χ1) is 17.5. The van der Waals surface area contributed by atoms with Crippen molar-refractivity contribution in [3.63, 3.8) is 0 Å². The maximum atomic E-state index is 13.4. The number of nitrogens with zero attached hydrogens (tertiary/aromatic N) is 7. The van der Waals surface area contributed by atoms with Crippen LogP contribution in [0, 0.1) is 0 Å². The van der Waals surface area contributed by atoms with Gasteiger partial charge in [-0.3, -0.25) is 9.69 Å². The highest BCUT2D eigenvalue weighted by Crippen LogP contribution is 2.35. The highest BCUT2D eigenvalue weighted by Gasteiger charge is 2.34. The van der Waals surface area contributed by atoms with Crippen molar-refractivity contribution in [1.29, 1.82) is 0 Å². The number of hydrogen-bond acceptors (Lipinski definition) is 8. The van der Waals surface area contributed by atoms with E-state index in [1.54, 1.807) is 0 Å². The van der Waals surface area contributed by atoms with Gasteiger partial charge in [0.15, 0.2) is 5.82 Å². The third kappa shape index (κ3) is 4.37. The summed E-state index contributed by atoms with van der Waals surface area (Å²) in [6.45, 7) is 6.11. The maximum Gasteiger partial charge on any atom is 0.338 e. The Hall–Kier alpha value is -3.66. The molecule has 3 aliphatic rings. The predicted molar refractivity (Wildman–Crippen MR) is 130 cm³/mol. The van der Waals surface area contributed by atoms with Gasteiger partial charge in [0.05, 0.1) is 11.5 Å². The van der Waals surface area contributed by atoms with Crippen LogP contribution in [0.25, 0.3) is 5.82 Å². The van der Waals surface area contributed by atoms with Crippen LogP contribution in [0.5, 0.6) is 0 Å². The molecule has 0 bridgehead atoms. The van der Waals surface area contributed by atoms with E-state index in [1.807, 2.05) is 36.2 Å². The van der Waals surface area contributed by atoms with Gasteiger partial charge in [-0.25, -0.2) is 9.78 Å². The molecule has 186 valence electrons. The van der Waals surface area contributed by atoms with Gasteiger partial charge in [0.25, 0.3) is 0 Å². The van der Waals surface area contributed by atoms with Crippen LogP contribution in [0.2, 0.25) is 0 Å². The van der Waals surface area contributed by atoms with Gasteiger partial charge in [-0.05, 0) is 71.0 Å². The molecule has 1 saturated heterocycles. The van der Waals surface area contributed by atoms with Crippen LogP contribution in [0.1, 0.15) is 51.9 Å². The molecule has 1 unspecified atom stereocenters.